The monoisotopic (exact) mass is 391 g/mol. The van der Waals surface area contributed by atoms with Crippen LogP contribution in [0.15, 0.2) is 53.5 Å². The topological polar surface area (TPSA) is 77.7 Å². The van der Waals surface area contributed by atoms with E-state index in [9.17, 15) is 4.79 Å². The number of nitrogens with one attached hydrogen (secondary N) is 2. The normalized spacial score (nSPS) is 14.3. The van der Waals surface area contributed by atoms with Gasteiger partial charge >= 0.3 is 0 Å². The molecule has 7 heteroatoms. The van der Waals surface area contributed by atoms with Gasteiger partial charge in [0, 0.05) is 48.0 Å². The molecule has 0 saturated heterocycles. The van der Waals surface area contributed by atoms with E-state index in [4.69, 9.17) is 16.6 Å². The van der Waals surface area contributed by atoms with Crippen molar-refractivity contribution in [3.63, 3.8) is 0 Å². The predicted molar refractivity (Wildman–Crippen MR) is 109 cm³/mol. The maximum Gasteiger partial charge on any atom is 0.254 e. The Morgan fingerprint density at radius 1 is 1.11 bits per heavy atom. The van der Waals surface area contributed by atoms with E-state index in [0.29, 0.717) is 31.0 Å². The van der Waals surface area contributed by atoms with Gasteiger partial charge in [-0.3, -0.25) is 14.7 Å². The molecule has 0 saturated carbocycles. The van der Waals surface area contributed by atoms with E-state index in [-0.39, 0.29) is 5.56 Å². The van der Waals surface area contributed by atoms with Gasteiger partial charge in [-0.25, -0.2) is 4.98 Å². The number of para-hydroxylation sites is 1. The Kier molecular flexibility index (Phi) is 4.22. The third kappa shape index (κ3) is 3.00. The molecule has 0 bridgehead atoms. The molecular weight excluding hydrogens is 374 g/mol. The van der Waals surface area contributed by atoms with Crippen molar-refractivity contribution in [3.05, 3.63) is 81.0 Å². The van der Waals surface area contributed by atoms with Crippen LogP contribution >= 0.6 is 11.6 Å². The second-order valence-electron chi connectivity index (χ2n) is 6.98. The maximum atomic E-state index is 12.5. The number of aromatic amines is 2. The fraction of sp³-hybridized carbons (Fsp3) is 0.190. The predicted octanol–water partition coefficient (Wildman–Crippen LogP) is 3.52. The number of hydrogen-bond acceptors (Lipinski definition) is 4. The molecule has 1 aliphatic heterocycles. The molecule has 0 aliphatic carbocycles. The SMILES string of the molecule is O=c1[nH]c(-c2ccccn2)nc2c1CCN(Cc1[nH]c3ccccc3c1Cl)C2. The minimum absolute atomic E-state index is 0.0750. The zero-order chi connectivity index (χ0) is 19.1. The first kappa shape index (κ1) is 17.2. The van der Waals surface area contributed by atoms with E-state index in [2.05, 4.69) is 19.9 Å². The number of pyridine rings is 1. The number of rotatable bonds is 3. The van der Waals surface area contributed by atoms with Gasteiger partial charge in [0.15, 0.2) is 5.82 Å². The summed E-state index contributed by atoms with van der Waals surface area (Å²) in [4.78, 5) is 30.1. The second kappa shape index (κ2) is 6.89. The highest BCUT2D eigenvalue weighted by molar-refractivity contribution is 6.36. The number of aromatic nitrogens is 4. The Balaban J connectivity index is 1.45. The van der Waals surface area contributed by atoms with Crippen molar-refractivity contribution in [3.8, 4) is 11.5 Å². The fourth-order valence-electron chi connectivity index (χ4n) is 3.75. The van der Waals surface area contributed by atoms with E-state index in [0.717, 1.165) is 39.4 Å². The highest BCUT2D eigenvalue weighted by Crippen LogP contribution is 2.29. The smallest absolute Gasteiger partial charge is 0.254 e. The molecule has 0 fully saturated rings. The van der Waals surface area contributed by atoms with Crippen molar-refractivity contribution in [2.45, 2.75) is 19.5 Å². The van der Waals surface area contributed by atoms with Gasteiger partial charge in [0.05, 0.1) is 10.7 Å². The number of hydrogen-bond donors (Lipinski definition) is 2. The van der Waals surface area contributed by atoms with Crippen molar-refractivity contribution in [2.75, 3.05) is 6.54 Å². The van der Waals surface area contributed by atoms with E-state index >= 15 is 0 Å². The summed E-state index contributed by atoms with van der Waals surface area (Å²) >= 11 is 6.57. The van der Waals surface area contributed by atoms with Crippen LogP contribution in [-0.2, 0) is 19.5 Å². The molecule has 140 valence electrons. The van der Waals surface area contributed by atoms with E-state index in [1.165, 1.54) is 0 Å². The van der Waals surface area contributed by atoms with Gasteiger partial charge in [-0.1, -0.05) is 35.9 Å². The molecule has 4 aromatic rings. The van der Waals surface area contributed by atoms with Crippen LogP contribution in [-0.4, -0.2) is 31.4 Å². The number of halogens is 1. The van der Waals surface area contributed by atoms with Crippen LogP contribution in [0.1, 0.15) is 17.0 Å². The molecule has 28 heavy (non-hydrogen) atoms. The first-order chi connectivity index (χ1) is 13.7. The van der Waals surface area contributed by atoms with E-state index < -0.39 is 0 Å². The Morgan fingerprint density at radius 3 is 2.79 bits per heavy atom. The Bertz CT molecular complexity index is 1210. The van der Waals surface area contributed by atoms with Gasteiger partial charge in [0.1, 0.15) is 5.69 Å². The van der Waals surface area contributed by atoms with Crippen LogP contribution in [0.2, 0.25) is 5.02 Å². The van der Waals surface area contributed by atoms with E-state index in [1.807, 2.05) is 42.5 Å². The molecule has 0 atom stereocenters. The van der Waals surface area contributed by atoms with Crippen LogP contribution in [0.5, 0.6) is 0 Å². The number of fused-ring (bicyclic) bond motifs is 2. The fourth-order valence-corrected chi connectivity index (χ4v) is 4.02. The molecule has 4 heterocycles. The summed E-state index contributed by atoms with van der Waals surface area (Å²) in [7, 11) is 0. The van der Waals surface area contributed by atoms with Crippen molar-refractivity contribution in [1.29, 1.82) is 0 Å². The van der Waals surface area contributed by atoms with E-state index in [1.54, 1.807) is 6.20 Å². The average Bonchev–Trinajstić information content (AvgIpc) is 3.04. The summed E-state index contributed by atoms with van der Waals surface area (Å²) in [6, 6.07) is 13.6. The summed E-state index contributed by atoms with van der Waals surface area (Å²) in [5.41, 5.74) is 4.18. The zero-order valence-corrected chi connectivity index (χ0v) is 15.8. The third-order valence-electron chi connectivity index (χ3n) is 5.16. The van der Waals surface area contributed by atoms with Crippen LogP contribution < -0.4 is 5.56 Å². The standard InChI is InChI=1S/C21H18ClN5O/c22-19-13-5-1-2-6-15(13)24-18(19)12-27-10-8-14-17(11-27)25-20(26-21(14)28)16-7-3-4-9-23-16/h1-7,9,24H,8,10-12H2,(H,25,26,28). The number of nitrogens with zero attached hydrogens (tertiary/aromatic N) is 3. The molecule has 5 rings (SSSR count). The summed E-state index contributed by atoms with van der Waals surface area (Å²) in [5, 5.41) is 1.79. The largest absolute Gasteiger partial charge is 0.356 e. The molecule has 2 N–H and O–H groups in total. The van der Waals surface area contributed by atoms with Crippen molar-refractivity contribution in [1.82, 2.24) is 24.8 Å². The summed E-state index contributed by atoms with van der Waals surface area (Å²) in [6.45, 7) is 2.07. The molecular formula is C21H18ClN5O. The maximum absolute atomic E-state index is 12.5. The molecule has 0 amide bonds. The lowest BCUT2D eigenvalue weighted by Crippen LogP contribution is -2.35. The lowest BCUT2D eigenvalue weighted by molar-refractivity contribution is 0.238. The zero-order valence-electron chi connectivity index (χ0n) is 15.1. The first-order valence-electron chi connectivity index (χ1n) is 9.20. The molecule has 3 aromatic heterocycles. The lowest BCUT2D eigenvalue weighted by atomic mass is 10.1. The molecule has 0 spiro atoms. The Morgan fingerprint density at radius 2 is 1.96 bits per heavy atom. The molecule has 1 aliphatic rings. The lowest BCUT2D eigenvalue weighted by Gasteiger charge is -2.27. The third-order valence-corrected chi connectivity index (χ3v) is 5.59. The van der Waals surface area contributed by atoms with Gasteiger partial charge in [0.25, 0.3) is 5.56 Å². The van der Waals surface area contributed by atoms with Crippen molar-refractivity contribution in [2.24, 2.45) is 0 Å². The van der Waals surface area contributed by atoms with Crippen molar-refractivity contribution >= 4 is 22.5 Å². The van der Waals surface area contributed by atoms with Crippen LogP contribution in [0.3, 0.4) is 0 Å². The minimum atomic E-state index is -0.0750. The number of benzene rings is 1. The number of H-pyrrole nitrogens is 2. The molecule has 0 radical (unpaired) electrons. The highest BCUT2D eigenvalue weighted by atomic mass is 35.5. The molecule has 0 unspecified atom stereocenters. The van der Waals surface area contributed by atoms with Crippen molar-refractivity contribution < 1.29 is 0 Å². The van der Waals surface area contributed by atoms with Gasteiger partial charge < -0.3 is 9.97 Å². The minimum Gasteiger partial charge on any atom is -0.356 e. The van der Waals surface area contributed by atoms with Gasteiger partial charge in [-0.2, -0.15) is 0 Å². The van der Waals surface area contributed by atoms with Gasteiger partial charge in [0.2, 0.25) is 0 Å². The highest BCUT2D eigenvalue weighted by Gasteiger charge is 2.23. The van der Waals surface area contributed by atoms with Crippen LogP contribution in [0.25, 0.3) is 22.4 Å². The molecule has 1 aromatic carbocycles. The van der Waals surface area contributed by atoms with Gasteiger partial charge in [-0.15, -0.1) is 0 Å². The van der Waals surface area contributed by atoms with Gasteiger partial charge in [-0.05, 0) is 24.6 Å². The first-order valence-corrected chi connectivity index (χ1v) is 9.58. The summed E-state index contributed by atoms with van der Waals surface area (Å²) in [6.07, 6.45) is 2.36. The van der Waals surface area contributed by atoms with Crippen LogP contribution in [0.4, 0.5) is 0 Å². The summed E-state index contributed by atoms with van der Waals surface area (Å²) < 4.78 is 0. The average molecular weight is 392 g/mol. The molecule has 6 nitrogen and oxygen atoms in total. The second-order valence-corrected chi connectivity index (χ2v) is 7.36. The van der Waals surface area contributed by atoms with Crippen LogP contribution in [0, 0.1) is 0 Å². The summed E-state index contributed by atoms with van der Waals surface area (Å²) in [5.74, 6) is 0.509. The quantitative estimate of drug-likeness (QED) is 0.560. The Labute approximate surface area is 166 Å². The Hall–Kier alpha value is -2.96.